The van der Waals surface area contributed by atoms with Gasteiger partial charge in [0.1, 0.15) is 5.69 Å². The van der Waals surface area contributed by atoms with Gasteiger partial charge < -0.3 is 15.1 Å². The summed E-state index contributed by atoms with van der Waals surface area (Å²) in [7, 11) is 1.50. The summed E-state index contributed by atoms with van der Waals surface area (Å²) in [5.41, 5.74) is 0.646. The lowest BCUT2D eigenvalue weighted by Crippen LogP contribution is -2.34. The van der Waals surface area contributed by atoms with Gasteiger partial charge in [-0.25, -0.2) is 0 Å². The summed E-state index contributed by atoms with van der Waals surface area (Å²) in [6, 6.07) is 8.62. The summed E-state index contributed by atoms with van der Waals surface area (Å²) in [5.74, 6) is -0.0640. The molecular formula is C13H13N3O3. The summed E-state index contributed by atoms with van der Waals surface area (Å²) >= 11 is 0. The smallest absolute Gasteiger partial charge is 0.287 e. The number of likely N-dealkylation sites (N-methyl/N-ethyl adjacent to an activating group) is 1. The molecule has 2 aromatic rings. The molecule has 0 saturated heterocycles. The Bertz CT molecular complexity index is 578. The molecular weight excluding hydrogens is 246 g/mol. The van der Waals surface area contributed by atoms with Crippen LogP contribution in [0, 0.1) is 0 Å². The van der Waals surface area contributed by atoms with E-state index < -0.39 is 5.91 Å². The molecule has 0 aliphatic rings. The van der Waals surface area contributed by atoms with Crippen molar-refractivity contribution < 1.29 is 14.0 Å². The zero-order chi connectivity index (χ0) is 13.7. The van der Waals surface area contributed by atoms with Gasteiger partial charge in [-0.3, -0.25) is 14.6 Å². The summed E-state index contributed by atoms with van der Waals surface area (Å²) in [4.78, 5) is 26.8. The summed E-state index contributed by atoms with van der Waals surface area (Å²) in [6.07, 6.45) is 1.64. The summed E-state index contributed by atoms with van der Waals surface area (Å²) in [6.45, 7) is -0.0883. The third-order valence-corrected chi connectivity index (χ3v) is 2.44. The number of nitrogens with zero attached hydrogens (tertiary/aromatic N) is 1. The molecule has 2 aromatic heterocycles. The first-order valence-corrected chi connectivity index (χ1v) is 5.70. The maximum Gasteiger partial charge on any atom is 0.287 e. The molecule has 2 N–H and O–H groups in total. The average Bonchev–Trinajstić information content (AvgIpc) is 2.95. The monoisotopic (exact) mass is 259 g/mol. The van der Waals surface area contributed by atoms with Crippen LogP contribution in [0.1, 0.15) is 10.6 Å². The molecule has 6 nitrogen and oxygen atoms in total. The maximum absolute atomic E-state index is 11.7. The Morgan fingerprint density at radius 2 is 2.11 bits per heavy atom. The van der Waals surface area contributed by atoms with Crippen LogP contribution in [0.3, 0.4) is 0 Å². The molecule has 0 radical (unpaired) electrons. The molecule has 0 aliphatic heterocycles. The van der Waals surface area contributed by atoms with E-state index >= 15 is 0 Å². The molecule has 2 rings (SSSR count). The second kappa shape index (κ2) is 5.81. The van der Waals surface area contributed by atoms with Gasteiger partial charge in [-0.2, -0.15) is 0 Å². The van der Waals surface area contributed by atoms with E-state index in [1.54, 1.807) is 30.5 Å². The fourth-order valence-electron chi connectivity index (χ4n) is 1.44. The van der Waals surface area contributed by atoms with Crippen molar-refractivity contribution in [2.45, 2.75) is 0 Å². The predicted octanol–water partition coefficient (Wildman–Crippen LogP) is 0.817. The third kappa shape index (κ3) is 3.19. The molecule has 98 valence electrons. The zero-order valence-corrected chi connectivity index (χ0v) is 10.3. The van der Waals surface area contributed by atoms with Crippen molar-refractivity contribution in [3.05, 3.63) is 42.3 Å². The first-order valence-electron chi connectivity index (χ1n) is 5.70. The van der Waals surface area contributed by atoms with Crippen LogP contribution in [-0.4, -0.2) is 30.4 Å². The molecule has 6 heteroatoms. The van der Waals surface area contributed by atoms with Crippen molar-refractivity contribution in [3.63, 3.8) is 0 Å². The van der Waals surface area contributed by atoms with Crippen LogP contribution in [0.4, 0.5) is 0 Å². The molecule has 19 heavy (non-hydrogen) atoms. The molecule has 0 unspecified atom stereocenters. The molecule has 0 saturated carbocycles. The molecule has 0 atom stereocenters. The number of carbonyl (C=O) groups excluding carboxylic acids is 2. The number of pyridine rings is 1. The van der Waals surface area contributed by atoms with Crippen LogP contribution in [0.25, 0.3) is 11.5 Å². The SMILES string of the molecule is CNC(=O)CNC(=O)c1ccc(-c2ccccn2)o1. The Balaban J connectivity index is 2.05. The van der Waals surface area contributed by atoms with Crippen molar-refractivity contribution in [1.29, 1.82) is 0 Å². The maximum atomic E-state index is 11.7. The van der Waals surface area contributed by atoms with Crippen LogP contribution in [-0.2, 0) is 4.79 Å². The van der Waals surface area contributed by atoms with Crippen molar-refractivity contribution in [1.82, 2.24) is 15.6 Å². The van der Waals surface area contributed by atoms with Gasteiger partial charge in [0.05, 0.1) is 6.54 Å². The van der Waals surface area contributed by atoms with Crippen molar-refractivity contribution in [2.75, 3.05) is 13.6 Å². The lowest BCUT2D eigenvalue weighted by atomic mass is 10.3. The van der Waals surface area contributed by atoms with Gasteiger partial charge >= 0.3 is 0 Å². The highest BCUT2D eigenvalue weighted by molar-refractivity contribution is 5.94. The highest BCUT2D eigenvalue weighted by atomic mass is 16.4. The van der Waals surface area contributed by atoms with Crippen molar-refractivity contribution in [3.8, 4) is 11.5 Å². The molecule has 2 heterocycles. The topological polar surface area (TPSA) is 84.2 Å². The molecule has 0 spiro atoms. The van der Waals surface area contributed by atoms with Gasteiger partial charge in [0, 0.05) is 13.2 Å². The quantitative estimate of drug-likeness (QED) is 0.851. The number of aromatic nitrogens is 1. The van der Waals surface area contributed by atoms with E-state index in [0.29, 0.717) is 11.5 Å². The Labute approximate surface area is 109 Å². The number of nitrogens with one attached hydrogen (secondary N) is 2. The largest absolute Gasteiger partial charge is 0.449 e. The third-order valence-electron chi connectivity index (χ3n) is 2.44. The van der Waals surface area contributed by atoms with Gasteiger partial charge in [0.2, 0.25) is 5.91 Å². The minimum Gasteiger partial charge on any atom is -0.449 e. The van der Waals surface area contributed by atoms with E-state index in [0.717, 1.165) is 0 Å². The van der Waals surface area contributed by atoms with Crippen molar-refractivity contribution >= 4 is 11.8 Å². The molecule has 0 bridgehead atoms. The minimum absolute atomic E-state index is 0.0883. The molecule has 0 aliphatic carbocycles. The summed E-state index contributed by atoms with van der Waals surface area (Å²) in [5, 5.41) is 4.86. The van der Waals surface area contributed by atoms with Gasteiger partial charge in [0.25, 0.3) is 5.91 Å². The van der Waals surface area contributed by atoms with E-state index in [4.69, 9.17) is 4.42 Å². The number of hydrogen-bond acceptors (Lipinski definition) is 4. The lowest BCUT2D eigenvalue weighted by Gasteiger charge is -2.01. The van der Waals surface area contributed by atoms with Crippen LogP contribution >= 0.6 is 0 Å². The normalized spacial score (nSPS) is 9.95. The first-order chi connectivity index (χ1) is 9.20. The standard InChI is InChI=1S/C13H13N3O3/c1-14-12(17)8-16-13(18)11-6-5-10(19-11)9-4-2-3-7-15-9/h2-7H,8H2,1H3,(H,14,17)(H,16,18). The first kappa shape index (κ1) is 12.8. The number of amides is 2. The number of carbonyl (C=O) groups is 2. The minimum atomic E-state index is -0.439. The molecule has 2 amide bonds. The molecule has 0 aromatic carbocycles. The van der Waals surface area contributed by atoms with Gasteiger partial charge in [0.15, 0.2) is 11.5 Å². The number of rotatable bonds is 4. The van der Waals surface area contributed by atoms with E-state index in [1.807, 2.05) is 6.07 Å². The Kier molecular flexibility index (Phi) is 3.92. The van der Waals surface area contributed by atoms with E-state index in [9.17, 15) is 9.59 Å². The second-order valence-electron chi connectivity index (χ2n) is 3.73. The molecule has 0 fully saturated rings. The van der Waals surface area contributed by atoms with Crippen LogP contribution < -0.4 is 10.6 Å². The summed E-state index contributed by atoms with van der Waals surface area (Å²) < 4.78 is 5.39. The second-order valence-corrected chi connectivity index (χ2v) is 3.73. The van der Waals surface area contributed by atoms with Crippen molar-refractivity contribution in [2.24, 2.45) is 0 Å². The average molecular weight is 259 g/mol. The van der Waals surface area contributed by atoms with Crippen LogP contribution in [0.2, 0.25) is 0 Å². The Morgan fingerprint density at radius 3 is 2.79 bits per heavy atom. The highest BCUT2D eigenvalue weighted by Crippen LogP contribution is 2.19. The van der Waals surface area contributed by atoms with Gasteiger partial charge in [-0.15, -0.1) is 0 Å². The van der Waals surface area contributed by atoms with Crippen LogP contribution in [0.15, 0.2) is 40.9 Å². The highest BCUT2D eigenvalue weighted by Gasteiger charge is 2.13. The van der Waals surface area contributed by atoms with Crippen LogP contribution in [0.5, 0.6) is 0 Å². The van der Waals surface area contributed by atoms with E-state index in [2.05, 4.69) is 15.6 Å². The van der Waals surface area contributed by atoms with Gasteiger partial charge in [-0.1, -0.05) is 6.07 Å². The zero-order valence-electron chi connectivity index (χ0n) is 10.3. The fraction of sp³-hybridized carbons (Fsp3) is 0.154. The Hall–Kier alpha value is -2.63. The number of furan rings is 1. The predicted molar refractivity (Wildman–Crippen MR) is 68.3 cm³/mol. The number of hydrogen-bond donors (Lipinski definition) is 2. The van der Waals surface area contributed by atoms with E-state index in [1.165, 1.54) is 7.05 Å². The van der Waals surface area contributed by atoms with E-state index in [-0.39, 0.29) is 18.2 Å². The Morgan fingerprint density at radius 1 is 1.26 bits per heavy atom. The van der Waals surface area contributed by atoms with Gasteiger partial charge in [-0.05, 0) is 24.3 Å². The fourth-order valence-corrected chi connectivity index (χ4v) is 1.44. The lowest BCUT2D eigenvalue weighted by molar-refractivity contribution is -0.119.